The number of sulfone groups is 1. The fourth-order valence-electron chi connectivity index (χ4n) is 3.45. The molecule has 0 aliphatic rings. The second kappa shape index (κ2) is 10.4. The van der Waals surface area contributed by atoms with Gasteiger partial charge in [0, 0.05) is 5.69 Å². The van der Waals surface area contributed by atoms with Crippen LogP contribution in [0.5, 0.6) is 28.7 Å². The molecule has 3 aromatic carbocycles. The molecule has 3 N–H and O–H groups in total. The van der Waals surface area contributed by atoms with Crippen molar-refractivity contribution in [2.45, 2.75) is 10.6 Å². The zero-order chi connectivity index (χ0) is 24.9. The van der Waals surface area contributed by atoms with E-state index in [2.05, 4.69) is 0 Å². The van der Waals surface area contributed by atoms with Crippen molar-refractivity contribution in [3.05, 3.63) is 65.2 Å². The zero-order valence-corrected chi connectivity index (χ0v) is 20.2. The molecule has 3 aromatic rings. The molecule has 0 amide bonds. The van der Waals surface area contributed by atoms with Gasteiger partial charge in [0.25, 0.3) is 0 Å². The van der Waals surface area contributed by atoms with Crippen LogP contribution in [0.4, 0.5) is 5.69 Å². The summed E-state index contributed by atoms with van der Waals surface area (Å²) in [7, 11) is 2.24. The molecule has 0 bridgehead atoms. The van der Waals surface area contributed by atoms with Gasteiger partial charge in [0.1, 0.15) is 0 Å². The largest absolute Gasteiger partial charge is 0.504 e. The van der Waals surface area contributed by atoms with Crippen molar-refractivity contribution in [1.29, 1.82) is 0 Å². The van der Waals surface area contributed by atoms with Gasteiger partial charge in [-0.2, -0.15) is 0 Å². The maximum atomic E-state index is 13.1. The summed E-state index contributed by atoms with van der Waals surface area (Å²) in [6.07, 6.45) is 3.45. The monoisotopic (exact) mass is 485 g/mol. The van der Waals surface area contributed by atoms with E-state index in [-0.39, 0.29) is 22.1 Å². The van der Waals surface area contributed by atoms with Crippen LogP contribution >= 0.6 is 0 Å². The van der Waals surface area contributed by atoms with E-state index in [0.29, 0.717) is 34.1 Å². The van der Waals surface area contributed by atoms with Crippen molar-refractivity contribution in [3.63, 3.8) is 0 Å². The molecular weight excluding hydrogens is 458 g/mol. The lowest BCUT2D eigenvalue weighted by molar-refractivity contribution is 0.324. The molecule has 0 atom stereocenters. The number of hydrogen-bond acceptors (Lipinski definition) is 8. The summed E-state index contributed by atoms with van der Waals surface area (Å²) in [6, 6.07) is 12.6. The molecule has 0 heterocycles. The molecule has 9 heteroatoms. The average molecular weight is 486 g/mol. The van der Waals surface area contributed by atoms with Crippen LogP contribution in [0.2, 0.25) is 0 Å². The van der Waals surface area contributed by atoms with Crippen LogP contribution in [0.15, 0.2) is 53.4 Å². The Balaban J connectivity index is 2.06. The Hall–Kier alpha value is -3.85. The van der Waals surface area contributed by atoms with Gasteiger partial charge >= 0.3 is 0 Å². The summed E-state index contributed by atoms with van der Waals surface area (Å²) in [6.45, 7) is 0. The standard InChI is InChI=1S/C25H27NO7S/c1-30-22-13-18(15-34(28,29)20-7-5-6-19(26)14-20)17(12-21(22)27)9-8-16-10-23(31-2)25(33-4)24(11-16)32-3/h5-14,27H,15,26H2,1-4H3/b9-8-. The number of aromatic hydroxyl groups is 1. The number of anilines is 1. The third-order valence-electron chi connectivity index (χ3n) is 5.15. The van der Waals surface area contributed by atoms with Crippen LogP contribution < -0.4 is 24.7 Å². The molecule has 180 valence electrons. The second-order valence-electron chi connectivity index (χ2n) is 7.35. The highest BCUT2D eigenvalue weighted by atomic mass is 32.2. The van der Waals surface area contributed by atoms with Crippen molar-refractivity contribution in [2.24, 2.45) is 0 Å². The minimum atomic E-state index is -3.72. The van der Waals surface area contributed by atoms with Gasteiger partial charge in [-0.25, -0.2) is 8.42 Å². The summed E-state index contributed by atoms with van der Waals surface area (Å²) in [5, 5.41) is 10.3. The molecule has 0 aromatic heterocycles. The Morgan fingerprint density at radius 1 is 0.853 bits per heavy atom. The smallest absolute Gasteiger partial charge is 0.203 e. The van der Waals surface area contributed by atoms with Gasteiger partial charge in [0.15, 0.2) is 32.8 Å². The van der Waals surface area contributed by atoms with E-state index in [1.165, 1.54) is 52.7 Å². The second-order valence-corrected chi connectivity index (χ2v) is 9.34. The first-order valence-corrected chi connectivity index (χ1v) is 11.8. The Morgan fingerprint density at radius 3 is 2.06 bits per heavy atom. The number of phenols is 1. The van der Waals surface area contributed by atoms with Gasteiger partial charge in [-0.1, -0.05) is 18.2 Å². The predicted octanol–water partition coefficient (Wildman–Crippen LogP) is 4.15. The molecule has 0 saturated carbocycles. The molecule has 0 aliphatic heterocycles. The van der Waals surface area contributed by atoms with Crippen LogP contribution in [-0.4, -0.2) is 42.0 Å². The van der Waals surface area contributed by atoms with E-state index in [1.54, 1.807) is 36.4 Å². The highest BCUT2D eigenvalue weighted by Gasteiger charge is 2.19. The summed E-state index contributed by atoms with van der Waals surface area (Å²) < 4.78 is 47.5. The number of nitrogens with two attached hydrogens (primary N) is 1. The lowest BCUT2D eigenvalue weighted by atomic mass is 10.1. The average Bonchev–Trinajstić information content (AvgIpc) is 2.82. The summed E-state index contributed by atoms with van der Waals surface area (Å²) in [4.78, 5) is 0.110. The van der Waals surface area contributed by atoms with Crippen molar-refractivity contribution in [1.82, 2.24) is 0 Å². The molecule has 3 rings (SSSR count). The molecule has 0 saturated heterocycles. The van der Waals surface area contributed by atoms with Gasteiger partial charge in [-0.15, -0.1) is 0 Å². The van der Waals surface area contributed by atoms with Gasteiger partial charge in [-0.05, 0) is 59.2 Å². The van der Waals surface area contributed by atoms with Crippen molar-refractivity contribution < 1.29 is 32.5 Å². The number of rotatable bonds is 9. The highest BCUT2D eigenvalue weighted by molar-refractivity contribution is 7.90. The van der Waals surface area contributed by atoms with Crippen LogP contribution in [-0.2, 0) is 15.6 Å². The maximum Gasteiger partial charge on any atom is 0.203 e. The molecule has 0 radical (unpaired) electrons. The van der Waals surface area contributed by atoms with E-state index in [0.717, 1.165) is 5.56 Å². The van der Waals surface area contributed by atoms with E-state index < -0.39 is 9.84 Å². The van der Waals surface area contributed by atoms with E-state index >= 15 is 0 Å². The third-order valence-corrected chi connectivity index (χ3v) is 6.81. The van der Waals surface area contributed by atoms with Crippen molar-refractivity contribution in [2.75, 3.05) is 34.2 Å². The Kier molecular flexibility index (Phi) is 7.57. The number of ether oxygens (including phenoxy) is 4. The van der Waals surface area contributed by atoms with E-state index in [9.17, 15) is 13.5 Å². The van der Waals surface area contributed by atoms with Gasteiger partial charge in [0.2, 0.25) is 5.75 Å². The Labute approximate surface area is 199 Å². The summed E-state index contributed by atoms with van der Waals surface area (Å²) in [5.41, 5.74) is 7.78. The molecular formula is C25H27NO7S. The van der Waals surface area contributed by atoms with Crippen molar-refractivity contribution in [3.8, 4) is 28.7 Å². The fourth-order valence-corrected chi connectivity index (χ4v) is 4.88. The van der Waals surface area contributed by atoms with Crippen molar-refractivity contribution >= 4 is 27.7 Å². The van der Waals surface area contributed by atoms with E-state index in [4.69, 9.17) is 24.7 Å². The molecule has 34 heavy (non-hydrogen) atoms. The first-order chi connectivity index (χ1) is 16.2. The first kappa shape index (κ1) is 24.8. The van der Waals surface area contributed by atoms with Gasteiger partial charge in [-0.3, -0.25) is 0 Å². The Bertz CT molecular complexity index is 1290. The first-order valence-electron chi connectivity index (χ1n) is 10.2. The predicted molar refractivity (Wildman–Crippen MR) is 131 cm³/mol. The topological polar surface area (TPSA) is 117 Å². The number of nitrogen functional groups attached to an aromatic ring is 1. The van der Waals surface area contributed by atoms with Crippen LogP contribution in [0.3, 0.4) is 0 Å². The number of hydrogen-bond donors (Lipinski definition) is 2. The van der Waals surface area contributed by atoms with E-state index in [1.807, 2.05) is 0 Å². The van der Waals surface area contributed by atoms with Crippen LogP contribution in [0.1, 0.15) is 16.7 Å². The Morgan fingerprint density at radius 2 is 1.50 bits per heavy atom. The SMILES string of the molecule is COc1cc(CS(=O)(=O)c2cccc(N)c2)c(/C=C\c2cc(OC)c(OC)c(OC)c2)cc1O. The fraction of sp³-hybridized carbons (Fsp3) is 0.200. The van der Waals surface area contributed by atoms with Gasteiger partial charge in [0.05, 0.1) is 39.1 Å². The molecule has 0 aliphatic carbocycles. The highest BCUT2D eigenvalue weighted by Crippen LogP contribution is 2.39. The minimum absolute atomic E-state index is 0.110. The molecule has 8 nitrogen and oxygen atoms in total. The zero-order valence-electron chi connectivity index (χ0n) is 19.4. The number of phenolic OH excluding ortho intramolecular Hbond substituents is 1. The lowest BCUT2D eigenvalue weighted by Gasteiger charge is -2.13. The molecule has 0 fully saturated rings. The number of methoxy groups -OCH3 is 4. The molecule has 0 spiro atoms. The quantitative estimate of drug-likeness (QED) is 0.343. The summed E-state index contributed by atoms with van der Waals surface area (Å²) in [5.74, 6) is 1.15. The summed E-state index contributed by atoms with van der Waals surface area (Å²) >= 11 is 0. The lowest BCUT2D eigenvalue weighted by Crippen LogP contribution is -2.07. The normalized spacial score (nSPS) is 11.4. The third kappa shape index (κ3) is 5.37. The van der Waals surface area contributed by atoms with Crippen LogP contribution in [0.25, 0.3) is 12.2 Å². The maximum absolute atomic E-state index is 13.1. The minimum Gasteiger partial charge on any atom is -0.504 e. The number of benzene rings is 3. The van der Waals surface area contributed by atoms with Gasteiger partial charge < -0.3 is 29.8 Å². The molecule has 0 unspecified atom stereocenters. The van der Waals surface area contributed by atoms with Crippen LogP contribution in [0, 0.1) is 0 Å².